The molecule has 1 fully saturated rings. The Hall–Kier alpha value is -2.44. The van der Waals surface area contributed by atoms with Gasteiger partial charge in [0, 0.05) is 52.2 Å². The Morgan fingerprint density at radius 2 is 1.87 bits per heavy atom. The SMILES string of the molecule is CN(C(=N)C=CC(N)=c1cc2c(cc1O)=CC(Cl)=CN2)C1CC(C)(C)NC(C)(C)C1. The first-order valence-electron chi connectivity index (χ1n) is 10.1. The Morgan fingerprint density at radius 1 is 1.23 bits per heavy atom. The highest BCUT2D eigenvalue weighted by atomic mass is 35.5. The summed E-state index contributed by atoms with van der Waals surface area (Å²) in [6.45, 7) is 8.80. The number of nitrogens with two attached hydrogens (primary N) is 1. The highest BCUT2D eigenvalue weighted by Crippen LogP contribution is 2.31. The lowest BCUT2D eigenvalue weighted by molar-refractivity contribution is 0.114. The van der Waals surface area contributed by atoms with Gasteiger partial charge in [0.15, 0.2) is 0 Å². The van der Waals surface area contributed by atoms with Crippen LogP contribution in [0.25, 0.3) is 11.8 Å². The molecule has 6 N–H and O–H groups in total. The monoisotopic (exact) mass is 429 g/mol. The Balaban J connectivity index is 1.82. The summed E-state index contributed by atoms with van der Waals surface area (Å²) in [6.07, 6.45) is 8.72. The van der Waals surface area contributed by atoms with Gasteiger partial charge in [-0.3, -0.25) is 5.41 Å². The Morgan fingerprint density at radius 3 is 2.50 bits per heavy atom. The predicted octanol–water partition coefficient (Wildman–Crippen LogP) is 2.52. The molecule has 0 amide bonds. The first kappa shape index (κ1) is 22.2. The maximum absolute atomic E-state index is 10.4. The number of hydrogen-bond donors (Lipinski definition) is 5. The van der Waals surface area contributed by atoms with Crippen molar-refractivity contribution >= 4 is 34.9 Å². The van der Waals surface area contributed by atoms with Gasteiger partial charge >= 0.3 is 0 Å². The maximum Gasteiger partial charge on any atom is 0.125 e. The van der Waals surface area contributed by atoms with Gasteiger partial charge < -0.3 is 26.4 Å². The number of fused-ring (bicyclic) bond motifs is 1. The molecule has 162 valence electrons. The minimum Gasteiger partial charge on any atom is -0.507 e. The van der Waals surface area contributed by atoms with Crippen LogP contribution in [0.1, 0.15) is 40.5 Å². The molecule has 2 aliphatic rings. The number of aromatic hydroxyl groups is 1. The molecule has 0 saturated carbocycles. The van der Waals surface area contributed by atoms with Crippen LogP contribution >= 0.6 is 11.6 Å². The summed E-state index contributed by atoms with van der Waals surface area (Å²) in [5.41, 5.74) is 7.45. The molecular weight excluding hydrogens is 398 g/mol. The zero-order chi connectivity index (χ0) is 22.3. The van der Waals surface area contributed by atoms with Gasteiger partial charge in [0.1, 0.15) is 11.6 Å². The average molecular weight is 430 g/mol. The fourth-order valence-corrected chi connectivity index (χ4v) is 4.70. The number of phenolic OH excluding ortho intramolecular Hbond substituents is 1. The lowest BCUT2D eigenvalue weighted by atomic mass is 9.79. The van der Waals surface area contributed by atoms with Crippen LogP contribution in [0.3, 0.4) is 0 Å². The first-order chi connectivity index (χ1) is 13.9. The molecular formula is C23H32ClN5O. The molecule has 0 aliphatic carbocycles. The van der Waals surface area contributed by atoms with Gasteiger partial charge in [-0.25, -0.2) is 0 Å². The highest BCUT2D eigenvalue weighted by Gasteiger charge is 2.39. The summed E-state index contributed by atoms with van der Waals surface area (Å²) in [5, 5.41) is 27.6. The average Bonchev–Trinajstić information content (AvgIpc) is 2.62. The second-order valence-electron chi connectivity index (χ2n) is 9.51. The van der Waals surface area contributed by atoms with E-state index in [9.17, 15) is 5.11 Å². The number of amidine groups is 1. The molecule has 0 unspecified atom stereocenters. The summed E-state index contributed by atoms with van der Waals surface area (Å²) in [6, 6.07) is 3.67. The maximum atomic E-state index is 10.4. The van der Waals surface area contributed by atoms with Gasteiger partial charge in [-0.2, -0.15) is 0 Å². The Labute approximate surface area is 183 Å². The highest BCUT2D eigenvalue weighted by molar-refractivity contribution is 6.34. The minimum absolute atomic E-state index is 0.00606. The van der Waals surface area contributed by atoms with Gasteiger partial charge in [0.2, 0.25) is 0 Å². The molecule has 2 heterocycles. The van der Waals surface area contributed by atoms with E-state index in [1.54, 1.807) is 36.6 Å². The second kappa shape index (κ2) is 8.00. The molecule has 3 rings (SSSR count). The fraction of sp³-hybridized carbons (Fsp3) is 0.435. The van der Waals surface area contributed by atoms with E-state index >= 15 is 0 Å². The van der Waals surface area contributed by atoms with Crippen LogP contribution in [0.5, 0.6) is 5.75 Å². The van der Waals surface area contributed by atoms with E-state index in [1.165, 1.54) is 0 Å². The van der Waals surface area contributed by atoms with Crippen LogP contribution in [-0.4, -0.2) is 40.0 Å². The topological polar surface area (TPSA) is 97.4 Å². The van der Waals surface area contributed by atoms with Gasteiger partial charge in [-0.1, -0.05) is 11.6 Å². The van der Waals surface area contributed by atoms with Crippen molar-refractivity contribution in [2.45, 2.75) is 57.7 Å². The van der Waals surface area contributed by atoms with Crippen LogP contribution in [0, 0.1) is 5.41 Å². The van der Waals surface area contributed by atoms with Crippen molar-refractivity contribution in [3.8, 4) is 5.75 Å². The van der Waals surface area contributed by atoms with Gasteiger partial charge in [0.05, 0.1) is 5.03 Å². The van der Waals surface area contributed by atoms with E-state index in [2.05, 4.69) is 38.3 Å². The quantitative estimate of drug-likeness (QED) is 0.289. The molecule has 1 aromatic rings. The number of benzene rings is 1. The number of hydrogen-bond acceptors (Lipinski definition) is 5. The van der Waals surface area contributed by atoms with Gasteiger partial charge in [-0.05, 0) is 70.9 Å². The normalized spacial score (nSPS) is 21.2. The van der Waals surface area contributed by atoms with Crippen molar-refractivity contribution in [2.75, 3.05) is 12.4 Å². The summed E-state index contributed by atoms with van der Waals surface area (Å²) < 4.78 is 0. The lowest BCUT2D eigenvalue weighted by Gasteiger charge is -2.49. The van der Waals surface area contributed by atoms with Crippen LogP contribution in [0.2, 0.25) is 0 Å². The molecule has 1 saturated heterocycles. The van der Waals surface area contributed by atoms with Crippen LogP contribution in [-0.2, 0) is 0 Å². The molecule has 0 radical (unpaired) electrons. The molecule has 0 bridgehead atoms. The lowest BCUT2D eigenvalue weighted by Crippen LogP contribution is -2.62. The summed E-state index contributed by atoms with van der Waals surface area (Å²) in [5.74, 6) is 0.456. The number of piperidine rings is 1. The smallest absolute Gasteiger partial charge is 0.125 e. The summed E-state index contributed by atoms with van der Waals surface area (Å²) in [4.78, 5) is 2.00. The summed E-state index contributed by atoms with van der Waals surface area (Å²) in [7, 11) is 1.96. The number of anilines is 1. The number of halogens is 1. The number of allylic oxidation sites excluding steroid dienone is 1. The van der Waals surface area contributed by atoms with Crippen LogP contribution < -0.4 is 26.8 Å². The van der Waals surface area contributed by atoms with Crippen LogP contribution in [0.4, 0.5) is 5.69 Å². The minimum atomic E-state index is 0.00606. The zero-order valence-electron chi connectivity index (χ0n) is 18.3. The van der Waals surface area contributed by atoms with E-state index in [1.807, 2.05) is 11.9 Å². The number of phenols is 1. The molecule has 2 aliphatic heterocycles. The van der Waals surface area contributed by atoms with E-state index < -0.39 is 0 Å². The summed E-state index contributed by atoms with van der Waals surface area (Å²) >= 11 is 6.00. The van der Waals surface area contributed by atoms with Crippen molar-refractivity contribution in [1.29, 1.82) is 5.41 Å². The van der Waals surface area contributed by atoms with E-state index in [-0.39, 0.29) is 22.9 Å². The zero-order valence-corrected chi connectivity index (χ0v) is 19.1. The third-order valence-electron chi connectivity index (χ3n) is 5.65. The molecule has 6 nitrogen and oxygen atoms in total. The van der Waals surface area contributed by atoms with E-state index in [0.29, 0.717) is 21.8 Å². The molecule has 7 heteroatoms. The number of nitrogens with zero attached hydrogens (tertiary/aromatic N) is 1. The fourth-order valence-electron chi connectivity index (χ4n) is 4.53. The van der Waals surface area contributed by atoms with E-state index in [4.69, 9.17) is 22.7 Å². The van der Waals surface area contributed by atoms with Crippen LogP contribution in [0.15, 0.2) is 35.5 Å². The van der Waals surface area contributed by atoms with Crippen molar-refractivity contribution in [2.24, 2.45) is 5.73 Å². The third kappa shape index (κ3) is 4.99. The Kier molecular flexibility index (Phi) is 5.94. The van der Waals surface area contributed by atoms with E-state index in [0.717, 1.165) is 23.7 Å². The molecule has 0 spiro atoms. The molecule has 0 aromatic heterocycles. The number of nitrogens with one attached hydrogen (secondary N) is 3. The Bertz CT molecular complexity index is 1020. The first-order valence-corrected chi connectivity index (χ1v) is 10.5. The van der Waals surface area contributed by atoms with Crippen molar-refractivity contribution in [3.05, 3.63) is 46.0 Å². The third-order valence-corrected chi connectivity index (χ3v) is 5.87. The van der Waals surface area contributed by atoms with Crippen molar-refractivity contribution < 1.29 is 5.11 Å². The number of likely N-dealkylation sites (N-methyl/N-ethyl adjacent to an activating group) is 1. The largest absolute Gasteiger partial charge is 0.507 e. The van der Waals surface area contributed by atoms with Crippen molar-refractivity contribution in [1.82, 2.24) is 10.2 Å². The van der Waals surface area contributed by atoms with Gasteiger partial charge in [-0.15, -0.1) is 0 Å². The van der Waals surface area contributed by atoms with Gasteiger partial charge in [0.25, 0.3) is 0 Å². The van der Waals surface area contributed by atoms with Crippen molar-refractivity contribution in [3.63, 3.8) is 0 Å². The molecule has 30 heavy (non-hydrogen) atoms. The molecule has 1 aromatic carbocycles. The second-order valence-corrected chi connectivity index (χ2v) is 9.95. The standard InChI is InChI=1S/C23H32ClN5O/c1-22(2)11-16(12-23(3,4)28-22)29(5)21(26)7-6-18(25)17-10-19-14(9-20(17)30)8-15(24)13-27-19/h6-10,13,16,26-28,30H,11-12,25H2,1-5H3. The predicted molar refractivity (Wildman–Crippen MR) is 126 cm³/mol. The number of rotatable bonds is 3. The molecule has 0 atom stereocenters.